The average Bonchev–Trinajstić information content (AvgIpc) is 3.08. The molecule has 0 aliphatic rings. The molecule has 3 rings (SSSR count). The lowest BCUT2D eigenvalue weighted by Gasteiger charge is -2.04. The van der Waals surface area contributed by atoms with Crippen LogP contribution in [0.3, 0.4) is 0 Å². The van der Waals surface area contributed by atoms with E-state index in [1.165, 1.54) is 16.9 Å². The molecule has 0 radical (unpaired) electrons. The monoisotopic (exact) mass is 329 g/mol. The summed E-state index contributed by atoms with van der Waals surface area (Å²) in [7, 11) is 0. The van der Waals surface area contributed by atoms with Gasteiger partial charge in [0.25, 0.3) is 5.91 Å². The molecule has 23 heavy (non-hydrogen) atoms. The van der Waals surface area contributed by atoms with Crippen molar-refractivity contribution in [1.29, 1.82) is 0 Å². The highest BCUT2D eigenvalue weighted by molar-refractivity contribution is 7.22. The predicted molar refractivity (Wildman–Crippen MR) is 92.3 cm³/mol. The minimum absolute atomic E-state index is 0.0967. The first kappa shape index (κ1) is 15.7. The van der Waals surface area contributed by atoms with Gasteiger partial charge < -0.3 is 4.52 Å². The molecule has 1 aromatic carbocycles. The van der Waals surface area contributed by atoms with Crippen molar-refractivity contribution in [2.75, 3.05) is 5.32 Å². The number of thiazole rings is 1. The van der Waals surface area contributed by atoms with Gasteiger partial charge in [0.1, 0.15) is 5.56 Å². The van der Waals surface area contributed by atoms with E-state index in [1.54, 1.807) is 6.92 Å². The Kier molecular flexibility index (Phi) is 4.17. The number of aryl methyl sites for hydroxylation is 2. The van der Waals surface area contributed by atoms with Gasteiger partial charge in [-0.1, -0.05) is 43.3 Å². The molecule has 2 heterocycles. The number of rotatable bonds is 4. The van der Waals surface area contributed by atoms with Gasteiger partial charge in [-0.3, -0.25) is 10.1 Å². The van der Waals surface area contributed by atoms with E-state index in [9.17, 15) is 4.79 Å². The van der Waals surface area contributed by atoms with E-state index in [4.69, 9.17) is 4.52 Å². The fourth-order valence-corrected chi connectivity index (χ4v) is 3.38. The molecule has 0 saturated heterocycles. The number of nitrogens with one attached hydrogen (secondary N) is 1. The SMILES string of the molecule is CCc1ccc2nc(NC(=O)c3c(C)noc3C(C)C)sc2c1. The summed E-state index contributed by atoms with van der Waals surface area (Å²) < 4.78 is 6.35. The van der Waals surface area contributed by atoms with Crippen LogP contribution in [0.5, 0.6) is 0 Å². The standard InChI is InChI=1S/C17H19N3O2S/c1-5-11-6-7-12-13(8-11)23-17(18-12)19-16(21)14-10(4)20-22-15(14)9(2)3/h6-9H,5H2,1-4H3,(H,18,19,21). The van der Waals surface area contributed by atoms with E-state index >= 15 is 0 Å². The van der Waals surface area contributed by atoms with Gasteiger partial charge in [-0.15, -0.1) is 0 Å². The zero-order valence-electron chi connectivity index (χ0n) is 13.6. The Morgan fingerprint density at radius 2 is 2.17 bits per heavy atom. The lowest BCUT2D eigenvalue weighted by Crippen LogP contribution is -2.14. The quantitative estimate of drug-likeness (QED) is 0.763. The molecule has 0 spiro atoms. The van der Waals surface area contributed by atoms with Gasteiger partial charge >= 0.3 is 0 Å². The Balaban J connectivity index is 1.90. The lowest BCUT2D eigenvalue weighted by atomic mass is 10.0. The first-order chi connectivity index (χ1) is 11.0. The Labute approximate surface area is 138 Å². The van der Waals surface area contributed by atoms with Crippen molar-refractivity contribution in [2.45, 2.75) is 40.0 Å². The molecule has 0 fully saturated rings. The summed E-state index contributed by atoms with van der Waals surface area (Å²) in [5.74, 6) is 0.482. The molecule has 2 aromatic heterocycles. The van der Waals surface area contributed by atoms with E-state index in [0.29, 0.717) is 22.1 Å². The molecule has 0 atom stereocenters. The summed E-state index contributed by atoms with van der Waals surface area (Å²) in [6.45, 7) is 7.84. The first-order valence-electron chi connectivity index (χ1n) is 7.66. The number of benzene rings is 1. The fraction of sp³-hybridized carbons (Fsp3) is 0.353. The van der Waals surface area contributed by atoms with Crippen LogP contribution in [0.15, 0.2) is 22.7 Å². The van der Waals surface area contributed by atoms with Crippen molar-refractivity contribution in [3.63, 3.8) is 0 Å². The Bertz CT molecular complexity index is 864. The van der Waals surface area contributed by atoms with Gasteiger partial charge in [0.05, 0.1) is 15.9 Å². The van der Waals surface area contributed by atoms with Crippen molar-refractivity contribution in [3.8, 4) is 0 Å². The van der Waals surface area contributed by atoms with Gasteiger partial charge in [-0.05, 0) is 31.0 Å². The third-order valence-electron chi connectivity index (χ3n) is 3.72. The van der Waals surface area contributed by atoms with Crippen LogP contribution in [0.4, 0.5) is 5.13 Å². The van der Waals surface area contributed by atoms with Crippen LogP contribution in [-0.4, -0.2) is 16.0 Å². The summed E-state index contributed by atoms with van der Waals surface area (Å²) in [5, 5.41) is 7.38. The predicted octanol–water partition coefficient (Wildman–Crippen LogP) is 4.53. The van der Waals surface area contributed by atoms with Gasteiger partial charge in [-0.2, -0.15) is 0 Å². The Hall–Kier alpha value is -2.21. The molecule has 3 aromatic rings. The number of anilines is 1. The second-order valence-electron chi connectivity index (χ2n) is 5.79. The lowest BCUT2D eigenvalue weighted by molar-refractivity contribution is 0.102. The number of nitrogens with zero attached hydrogens (tertiary/aromatic N) is 2. The van der Waals surface area contributed by atoms with Gasteiger partial charge in [0, 0.05) is 5.92 Å². The zero-order chi connectivity index (χ0) is 16.6. The van der Waals surface area contributed by atoms with Crippen LogP contribution >= 0.6 is 11.3 Å². The highest BCUT2D eigenvalue weighted by Crippen LogP contribution is 2.29. The number of hydrogen-bond donors (Lipinski definition) is 1. The first-order valence-corrected chi connectivity index (χ1v) is 8.48. The summed E-state index contributed by atoms with van der Waals surface area (Å²) in [6, 6.07) is 6.17. The molecule has 0 bridgehead atoms. The fourth-order valence-electron chi connectivity index (χ4n) is 2.46. The number of amides is 1. The van der Waals surface area contributed by atoms with Gasteiger partial charge in [-0.25, -0.2) is 4.98 Å². The van der Waals surface area contributed by atoms with Crippen molar-refractivity contribution < 1.29 is 9.32 Å². The number of hydrogen-bond acceptors (Lipinski definition) is 5. The smallest absolute Gasteiger partial charge is 0.262 e. The largest absolute Gasteiger partial charge is 0.360 e. The third-order valence-corrected chi connectivity index (χ3v) is 4.66. The van der Waals surface area contributed by atoms with E-state index in [1.807, 2.05) is 19.9 Å². The van der Waals surface area contributed by atoms with E-state index in [0.717, 1.165) is 16.6 Å². The van der Waals surface area contributed by atoms with Gasteiger partial charge in [0.15, 0.2) is 10.9 Å². The van der Waals surface area contributed by atoms with Crippen LogP contribution in [0.1, 0.15) is 54.1 Å². The molecular weight excluding hydrogens is 310 g/mol. The topological polar surface area (TPSA) is 68.0 Å². The van der Waals surface area contributed by atoms with Crippen molar-refractivity contribution in [2.24, 2.45) is 0 Å². The van der Waals surface area contributed by atoms with Crippen molar-refractivity contribution in [3.05, 3.63) is 40.8 Å². The average molecular weight is 329 g/mol. The number of fused-ring (bicyclic) bond motifs is 1. The summed E-state index contributed by atoms with van der Waals surface area (Å²) in [5.41, 5.74) is 3.26. The van der Waals surface area contributed by atoms with E-state index in [2.05, 4.69) is 34.5 Å². The van der Waals surface area contributed by atoms with Crippen molar-refractivity contribution >= 4 is 32.6 Å². The molecule has 1 N–H and O–H groups in total. The van der Waals surface area contributed by atoms with E-state index in [-0.39, 0.29) is 11.8 Å². The molecule has 5 nitrogen and oxygen atoms in total. The summed E-state index contributed by atoms with van der Waals surface area (Å²) >= 11 is 1.48. The van der Waals surface area contributed by atoms with Gasteiger partial charge in [0.2, 0.25) is 0 Å². The second-order valence-corrected chi connectivity index (χ2v) is 6.82. The Morgan fingerprint density at radius 1 is 1.39 bits per heavy atom. The number of aromatic nitrogens is 2. The van der Waals surface area contributed by atoms with Crippen LogP contribution in [0.2, 0.25) is 0 Å². The molecule has 120 valence electrons. The maximum absolute atomic E-state index is 12.6. The normalized spacial score (nSPS) is 11.3. The molecule has 1 amide bonds. The maximum atomic E-state index is 12.6. The van der Waals surface area contributed by atoms with Crippen molar-refractivity contribution in [1.82, 2.24) is 10.1 Å². The highest BCUT2D eigenvalue weighted by atomic mass is 32.1. The minimum atomic E-state index is -0.220. The maximum Gasteiger partial charge on any atom is 0.262 e. The number of carbonyl (C=O) groups is 1. The molecule has 0 aliphatic carbocycles. The van der Waals surface area contributed by atoms with Crippen LogP contribution in [0, 0.1) is 6.92 Å². The second kappa shape index (κ2) is 6.12. The van der Waals surface area contributed by atoms with Crippen LogP contribution in [0.25, 0.3) is 10.2 Å². The minimum Gasteiger partial charge on any atom is -0.360 e. The molecule has 0 unspecified atom stereocenters. The van der Waals surface area contributed by atoms with E-state index < -0.39 is 0 Å². The summed E-state index contributed by atoms with van der Waals surface area (Å²) in [4.78, 5) is 17.1. The zero-order valence-corrected chi connectivity index (χ0v) is 14.5. The van der Waals surface area contributed by atoms with Crippen LogP contribution in [-0.2, 0) is 6.42 Å². The molecular formula is C17H19N3O2S. The highest BCUT2D eigenvalue weighted by Gasteiger charge is 2.23. The molecule has 6 heteroatoms. The Morgan fingerprint density at radius 3 is 2.87 bits per heavy atom. The van der Waals surface area contributed by atoms with Crippen LogP contribution < -0.4 is 5.32 Å². The number of carbonyl (C=O) groups excluding carboxylic acids is 1. The molecule has 0 saturated carbocycles. The molecule has 0 aliphatic heterocycles. The third kappa shape index (κ3) is 2.99. The summed E-state index contributed by atoms with van der Waals surface area (Å²) in [6.07, 6.45) is 0.979.